The van der Waals surface area contributed by atoms with Gasteiger partial charge in [0.25, 0.3) is 5.91 Å². The molecule has 0 spiro atoms. The molecule has 7 heteroatoms. The maximum absolute atomic E-state index is 13.5. The average Bonchev–Trinajstić information content (AvgIpc) is 2.35. The van der Waals surface area contributed by atoms with Gasteiger partial charge in [-0.25, -0.2) is 8.78 Å². The van der Waals surface area contributed by atoms with Crippen molar-refractivity contribution in [2.24, 2.45) is 5.73 Å². The summed E-state index contributed by atoms with van der Waals surface area (Å²) in [6, 6.07) is 5.59. The first-order valence-corrected chi connectivity index (χ1v) is 5.78. The number of nitrogens with two attached hydrogens (primary N) is 2. The van der Waals surface area contributed by atoms with E-state index in [1.54, 1.807) is 0 Å². The Morgan fingerprint density at radius 3 is 2.45 bits per heavy atom. The normalized spacial score (nSPS) is 10.3. The number of carbonyl (C=O) groups is 1. The molecule has 0 unspecified atom stereocenters. The maximum atomic E-state index is 13.5. The zero-order valence-electron chi connectivity index (χ0n) is 9.99. The van der Waals surface area contributed by atoms with Crippen molar-refractivity contribution in [3.05, 3.63) is 52.6 Å². The summed E-state index contributed by atoms with van der Waals surface area (Å²) < 4.78 is 32.1. The molecule has 2 aromatic rings. The molecule has 0 saturated carbocycles. The summed E-state index contributed by atoms with van der Waals surface area (Å²) in [5, 5.41) is -0.148. The highest BCUT2D eigenvalue weighted by atomic mass is 35.5. The third kappa shape index (κ3) is 2.80. The van der Waals surface area contributed by atoms with E-state index < -0.39 is 17.5 Å². The SMILES string of the molecule is NC(=O)c1ccc(Oc2cc(F)c(Cl)cc2N)cc1F. The quantitative estimate of drug-likeness (QED) is 0.855. The summed E-state index contributed by atoms with van der Waals surface area (Å²) in [6.45, 7) is 0. The highest BCUT2D eigenvalue weighted by molar-refractivity contribution is 6.31. The molecule has 104 valence electrons. The van der Waals surface area contributed by atoms with E-state index in [4.69, 9.17) is 27.8 Å². The smallest absolute Gasteiger partial charge is 0.251 e. The van der Waals surface area contributed by atoms with E-state index in [1.165, 1.54) is 12.1 Å². The number of rotatable bonds is 3. The molecule has 0 aliphatic carbocycles. The van der Waals surface area contributed by atoms with Crippen molar-refractivity contribution in [1.29, 1.82) is 0 Å². The molecular formula is C13H9ClF2N2O2. The zero-order chi connectivity index (χ0) is 14.9. The highest BCUT2D eigenvalue weighted by Gasteiger charge is 2.12. The molecule has 0 bridgehead atoms. The number of halogens is 3. The molecule has 0 radical (unpaired) electrons. The molecule has 0 aliphatic rings. The fraction of sp³-hybridized carbons (Fsp3) is 0. The van der Waals surface area contributed by atoms with E-state index in [0.717, 1.165) is 18.2 Å². The third-order valence-corrected chi connectivity index (χ3v) is 2.78. The average molecular weight is 299 g/mol. The molecular weight excluding hydrogens is 290 g/mol. The van der Waals surface area contributed by atoms with Gasteiger partial charge in [-0.2, -0.15) is 0 Å². The predicted octanol–water partition coefficient (Wildman–Crippen LogP) is 3.09. The summed E-state index contributed by atoms with van der Waals surface area (Å²) in [6.07, 6.45) is 0. The second kappa shape index (κ2) is 5.34. The zero-order valence-corrected chi connectivity index (χ0v) is 10.7. The van der Waals surface area contributed by atoms with Crippen molar-refractivity contribution in [3.8, 4) is 11.5 Å². The van der Waals surface area contributed by atoms with Crippen LogP contribution in [-0.4, -0.2) is 5.91 Å². The van der Waals surface area contributed by atoms with Crippen LogP contribution in [0.3, 0.4) is 0 Å². The number of primary amides is 1. The van der Waals surface area contributed by atoms with E-state index in [-0.39, 0.29) is 27.8 Å². The minimum absolute atomic E-state index is 0.0156. The third-order valence-electron chi connectivity index (χ3n) is 2.49. The predicted molar refractivity (Wildman–Crippen MR) is 70.8 cm³/mol. The molecule has 20 heavy (non-hydrogen) atoms. The lowest BCUT2D eigenvalue weighted by atomic mass is 10.2. The van der Waals surface area contributed by atoms with Gasteiger partial charge in [-0.3, -0.25) is 4.79 Å². The fourth-order valence-electron chi connectivity index (χ4n) is 1.52. The lowest BCUT2D eigenvalue weighted by Crippen LogP contribution is -2.12. The summed E-state index contributed by atoms with van der Waals surface area (Å²) in [7, 11) is 0. The van der Waals surface area contributed by atoms with Gasteiger partial charge in [0.15, 0.2) is 5.75 Å². The van der Waals surface area contributed by atoms with E-state index in [2.05, 4.69) is 0 Å². The van der Waals surface area contributed by atoms with Crippen molar-refractivity contribution in [2.75, 3.05) is 5.73 Å². The molecule has 4 N–H and O–H groups in total. The Kier molecular flexibility index (Phi) is 3.76. The van der Waals surface area contributed by atoms with Crippen LogP contribution in [0.5, 0.6) is 11.5 Å². The molecule has 2 rings (SSSR count). The monoisotopic (exact) mass is 298 g/mol. The van der Waals surface area contributed by atoms with Crippen molar-refractivity contribution in [1.82, 2.24) is 0 Å². The molecule has 1 amide bonds. The number of nitrogen functional groups attached to an aromatic ring is 1. The number of ether oxygens (including phenoxy) is 1. The number of amides is 1. The number of anilines is 1. The fourth-order valence-corrected chi connectivity index (χ4v) is 1.69. The summed E-state index contributed by atoms with van der Waals surface area (Å²) >= 11 is 5.55. The summed E-state index contributed by atoms with van der Waals surface area (Å²) in [4.78, 5) is 10.9. The Balaban J connectivity index is 2.33. The van der Waals surface area contributed by atoms with Crippen LogP contribution >= 0.6 is 11.6 Å². The lowest BCUT2D eigenvalue weighted by molar-refractivity contribution is 0.0996. The van der Waals surface area contributed by atoms with Crippen LogP contribution in [0.4, 0.5) is 14.5 Å². The Morgan fingerprint density at radius 1 is 1.15 bits per heavy atom. The van der Waals surface area contributed by atoms with Gasteiger partial charge in [0.05, 0.1) is 16.3 Å². The van der Waals surface area contributed by atoms with E-state index in [9.17, 15) is 13.6 Å². The maximum Gasteiger partial charge on any atom is 0.251 e. The highest BCUT2D eigenvalue weighted by Crippen LogP contribution is 2.32. The van der Waals surface area contributed by atoms with Crippen LogP contribution in [0.1, 0.15) is 10.4 Å². The number of hydrogen-bond acceptors (Lipinski definition) is 3. The van der Waals surface area contributed by atoms with Gasteiger partial charge >= 0.3 is 0 Å². The summed E-state index contributed by atoms with van der Waals surface area (Å²) in [5.74, 6) is -2.43. The van der Waals surface area contributed by atoms with Crippen LogP contribution in [-0.2, 0) is 0 Å². The van der Waals surface area contributed by atoms with Crippen molar-refractivity contribution in [3.63, 3.8) is 0 Å². The second-order valence-electron chi connectivity index (χ2n) is 3.91. The molecule has 0 heterocycles. The molecule has 0 saturated heterocycles. The molecule has 0 aliphatic heterocycles. The van der Waals surface area contributed by atoms with Crippen molar-refractivity contribution >= 4 is 23.2 Å². The Morgan fingerprint density at radius 2 is 1.85 bits per heavy atom. The molecule has 2 aromatic carbocycles. The lowest BCUT2D eigenvalue weighted by Gasteiger charge is -2.10. The number of carbonyl (C=O) groups excluding carboxylic acids is 1. The van der Waals surface area contributed by atoms with Gasteiger partial charge < -0.3 is 16.2 Å². The first-order chi connectivity index (χ1) is 9.38. The first-order valence-electron chi connectivity index (χ1n) is 5.40. The van der Waals surface area contributed by atoms with Crippen molar-refractivity contribution < 1.29 is 18.3 Å². The van der Waals surface area contributed by atoms with Gasteiger partial charge in [0.2, 0.25) is 0 Å². The van der Waals surface area contributed by atoms with Crippen LogP contribution in [0, 0.1) is 11.6 Å². The van der Waals surface area contributed by atoms with E-state index in [0.29, 0.717) is 0 Å². The van der Waals surface area contributed by atoms with Gasteiger partial charge in [-0.1, -0.05) is 11.6 Å². The molecule has 4 nitrogen and oxygen atoms in total. The Hall–Kier alpha value is -2.34. The minimum atomic E-state index is -0.897. The van der Waals surface area contributed by atoms with Gasteiger partial charge in [0, 0.05) is 12.1 Å². The van der Waals surface area contributed by atoms with Gasteiger partial charge in [-0.05, 0) is 18.2 Å². The van der Waals surface area contributed by atoms with E-state index >= 15 is 0 Å². The van der Waals surface area contributed by atoms with E-state index in [1.807, 2.05) is 0 Å². The second-order valence-corrected chi connectivity index (χ2v) is 4.32. The van der Waals surface area contributed by atoms with Crippen LogP contribution in [0.25, 0.3) is 0 Å². The minimum Gasteiger partial charge on any atom is -0.455 e. The summed E-state index contributed by atoms with van der Waals surface area (Å²) in [5.41, 5.74) is 10.4. The standard InChI is InChI=1S/C13H9ClF2N2O2/c14-8-4-11(17)12(5-10(8)16)20-6-1-2-7(13(18)19)9(15)3-6/h1-5H,17H2,(H2,18,19). The number of hydrogen-bond donors (Lipinski definition) is 2. The molecule has 0 atom stereocenters. The molecule has 0 fully saturated rings. The van der Waals surface area contributed by atoms with Gasteiger partial charge in [-0.15, -0.1) is 0 Å². The number of benzene rings is 2. The van der Waals surface area contributed by atoms with Gasteiger partial charge in [0.1, 0.15) is 17.4 Å². The Labute approximate surface area is 117 Å². The Bertz CT molecular complexity index is 692. The molecule has 0 aromatic heterocycles. The largest absolute Gasteiger partial charge is 0.455 e. The van der Waals surface area contributed by atoms with Crippen molar-refractivity contribution in [2.45, 2.75) is 0 Å². The first kappa shape index (κ1) is 14.1. The van der Waals surface area contributed by atoms with Crippen LogP contribution in [0.15, 0.2) is 30.3 Å². The van der Waals surface area contributed by atoms with Crippen LogP contribution < -0.4 is 16.2 Å². The van der Waals surface area contributed by atoms with Crippen LogP contribution in [0.2, 0.25) is 5.02 Å². The topological polar surface area (TPSA) is 78.3 Å².